The lowest BCUT2D eigenvalue weighted by atomic mass is 9.66. The van der Waals surface area contributed by atoms with E-state index in [-0.39, 0.29) is 17.8 Å². The average Bonchev–Trinajstić information content (AvgIpc) is 3.28. The molecule has 2 saturated heterocycles. The number of rotatable bonds is 5. The summed E-state index contributed by atoms with van der Waals surface area (Å²) in [5.74, 6) is -2.26. The van der Waals surface area contributed by atoms with Crippen LogP contribution in [0.5, 0.6) is 0 Å². The number of esters is 3. The van der Waals surface area contributed by atoms with Gasteiger partial charge in [0, 0.05) is 75.9 Å². The van der Waals surface area contributed by atoms with Crippen LogP contribution in [-0.2, 0) is 28.6 Å². The molecule has 4 fully saturated rings. The maximum absolute atomic E-state index is 13.2. The lowest BCUT2D eigenvalue weighted by molar-refractivity contribution is -0.165. The summed E-state index contributed by atoms with van der Waals surface area (Å²) >= 11 is 0. The molecule has 38 heavy (non-hydrogen) atoms. The molecule has 1 aromatic carbocycles. The first-order valence-corrected chi connectivity index (χ1v) is 13.8. The van der Waals surface area contributed by atoms with Gasteiger partial charge < -0.3 is 24.2 Å². The van der Waals surface area contributed by atoms with Crippen molar-refractivity contribution in [2.75, 3.05) is 37.6 Å². The Labute approximate surface area is 224 Å². The second-order valence-electron chi connectivity index (χ2n) is 11.8. The molecule has 208 valence electrons. The smallest absolute Gasteiger partial charge is 0.311 e. The highest BCUT2D eigenvalue weighted by molar-refractivity contribution is 5.76. The second kappa shape index (κ2) is 10.5. The minimum atomic E-state index is -0.964. The van der Waals surface area contributed by atoms with Crippen molar-refractivity contribution in [2.24, 2.45) is 29.1 Å². The Bertz CT molecular complexity index is 1040. The summed E-state index contributed by atoms with van der Waals surface area (Å²) in [6.45, 7) is 10.6. The molecule has 0 spiro atoms. The number of carbonyl (C=O) groups is 3. The number of hydrogen-bond acceptors (Lipinski definition) is 9. The minimum Gasteiger partial charge on any atom is -0.462 e. The predicted molar refractivity (Wildman–Crippen MR) is 139 cm³/mol. The monoisotopic (exact) mass is 528 g/mol. The van der Waals surface area contributed by atoms with Crippen LogP contribution in [0.1, 0.15) is 40.5 Å². The van der Waals surface area contributed by atoms with Crippen LogP contribution in [0.4, 0.5) is 5.69 Å². The van der Waals surface area contributed by atoms with Gasteiger partial charge in [0.1, 0.15) is 18.3 Å². The van der Waals surface area contributed by atoms with Gasteiger partial charge in [-0.1, -0.05) is 32.0 Å². The van der Waals surface area contributed by atoms with E-state index in [9.17, 15) is 19.5 Å². The summed E-state index contributed by atoms with van der Waals surface area (Å²) in [5.41, 5.74) is 0.308. The highest BCUT2D eigenvalue weighted by Gasteiger charge is 2.67. The zero-order valence-electron chi connectivity index (χ0n) is 22.7. The third-order valence-corrected chi connectivity index (χ3v) is 9.52. The molecule has 0 aromatic heterocycles. The van der Waals surface area contributed by atoms with Crippen molar-refractivity contribution in [1.29, 1.82) is 0 Å². The van der Waals surface area contributed by atoms with Crippen LogP contribution in [-0.4, -0.2) is 85.1 Å². The number of hydrogen-bond donors (Lipinski definition) is 1. The number of aliphatic hydroxyl groups excluding tert-OH is 1. The largest absolute Gasteiger partial charge is 0.462 e. The highest BCUT2D eigenvalue weighted by atomic mass is 16.6. The van der Waals surface area contributed by atoms with Crippen molar-refractivity contribution in [1.82, 2.24) is 4.90 Å². The first-order valence-electron chi connectivity index (χ1n) is 13.8. The van der Waals surface area contributed by atoms with Crippen LogP contribution in [0.2, 0.25) is 0 Å². The van der Waals surface area contributed by atoms with Gasteiger partial charge in [-0.05, 0) is 24.5 Å². The molecule has 2 aliphatic carbocycles. The summed E-state index contributed by atoms with van der Waals surface area (Å²) in [4.78, 5) is 41.8. The van der Waals surface area contributed by atoms with E-state index in [4.69, 9.17) is 14.2 Å². The number of fused-ring (bicyclic) bond motifs is 2. The molecule has 9 nitrogen and oxygen atoms in total. The van der Waals surface area contributed by atoms with Crippen LogP contribution in [0, 0.1) is 29.1 Å². The van der Waals surface area contributed by atoms with Gasteiger partial charge in [0.2, 0.25) is 0 Å². The fraction of sp³-hybridized carbons (Fsp3) is 0.690. The number of anilines is 1. The molecule has 0 amide bonds. The van der Waals surface area contributed by atoms with Crippen LogP contribution in [0.15, 0.2) is 30.3 Å². The molecule has 1 N–H and O–H groups in total. The van der Waals surface area contributed by atoms with E-state index in [0.717, 1.165) is 26.2 Å². The molecule has 4 aliphatic rings. The fourth-order valence-corrected chi connectivity index (χ4v) is 7.89. The fourth-order valence-electron chi connectivity index (χ4n) is 7.89. The standard InChI is InChI=1S/C29H40N2O7/c1-17-14-22-25(27(34)29(4)24(37-19(3)33)15-23(26(17)29)36-18(2)32)21(28(35)38-22)16-30-10-12-31(13-11-30)20-8-6-5-7-9-20/h5-9,17,21-27,34H,10-16H2,1-4H3/t17-,21?,22+,23+,24+,25-,26?,27+,29-/m1/s1. The topological polar surface area (TPSA) is 106 Å². The highest BCUT2D eigenvalue weighted by Crippen LogP contribution is 2.59. The lowest BCUT2D eigenvalue weighted by Gasteiger charge is -2.44. The van der Waals surface area contributed by atoms with Crippen LogP contribution >= 0.6 is 0 Å². The van der Waals surface area contributed by atoms with E-state index in [2.05, 4.69) is 28.9 Å². The Hall–Kier alpha value is -2.65. The quantitative estimate of drug-likeness (QED) is 0.455. The summed E-state index contributed by atoms with van der Waals surface area (Å²) in [5, 5.41) is 12.1. The number of aliphatic hydroxyl groups is 1. The van der Waals surface area contributed by atoms with Crippen molar-refractivity contribution in [2.45, 2.75) is 65.0 Å². The molecule has 2 unspecified atom stereocenters. The predicted octanol–water partition coefficient (Wildman–Crippen LogP) is 2.26. The van der Waals surface area contributed by atoms with Crippen molar-refractivity contribution in [3.8, 4) is 0 Å². The molecular weight excluding hydrogens is 488 g/mol. The Balaban J connectivity index is 1.37. The molecule has 0 radical (unpaired) electrons. The lowest BCUT2D eigenvalue weighted by Crippen LogP contribution is -2.53. The Morgan fingerprint density at radius 2 is 1.71 bits per heavy atom. The SMILES string of the molecule is CC(=O)O[C@H]1C[C@H](OC(C)=O)[C@]2(C)C1[C@H](C)C[C@@H]1OC(=O)C(CN3CCN(c4ccccc4)CC3)[C@H]1[C@@H]2O. The van der Waals surface area contributed by atoms with Gasteiger partial charge in [-0.2, -0.15) is 0 Å². The van der Waals surface area contributed by atoms with Gasteiger partial charge in [0.25, 0.3) is 0 Å². The Morgan fingerprint density at radius 1 is 1.05 bits per heavy atom. The third kappa shape index (κ3) is 4.79. The minimum absolute atomic E-state index is 0.0180. The van der Waals surface area contributed by atoms with Gasteiger partial charge in [-0.15, -0.1) is 0 Å². The molecule has 9 atom stereocenters. The van der Waals surface area contributed by atoms with Gasteiger partial charge in [-0.25, -0.2) is 0 Å². The summed E-state index contributed by atoms with van der Waals surface area (Å²) in [6.07, 6.45) is -1.60. The normalized spacial score (nSPS) is 39.1. The molecular formula is C29H40N2O7. The van der Waals surface area contributed by atoms with Crippen molar-refractivity contribution in [3.05, 3.63) is 30.3 Å². The van der Waals surface area contributed by atoms with E-state index in [1.165, 1.54) is 19.5 Å². The van der Waals surface area contributed by atoms with E-state index in [1.807, 2.05) is 25.1 Å². The summed E-state index contributed by atoms with van der Waals surface area (Å²) < 4.78 is 17.4. The van der Waals surface area contributed by atoms with Gasteiger partial charge in [0.05, 0.1) is 12.0 Å². The van der Waals surface area contributed by atoms with Gasteiger partial charge >= 0.3 is 17.9 Å². The number of para-hydroxylation sites is 1. The van der Waals surface area contributed by atoms with Crippen molar-refractivity contribution in [3.63, 3.8) is 0 Å². The second-order valence-corrected chi connectivity index (χ2v) is 11.8. The molecule has 5 rings (SSSR count). The summed E-state index contributed by atoms with van der Waals surface area (Å²) in [6, 6.07) is 10.3. The number of nitrogens with zero attached hydrogens (tertiary/aromatic N) is 2. The van der Waals surface area contributed by atoms with Gasteiger partial charge in [0.15, 0.2) is 0 Å². The first-order chi connectivity index (χ1) is 18.1. The number of piperazine rings is 1. The maximum Gasteiger partial charge on any atom is 0.311 e. The molecule has 2 saturated carbocycles. The molecule has 0 bridgehead atoms. The third-order valence-electron chi connectivity index (χ3n) is 9.52. The maximum atomic E-state index is 13.2. The van der Waals surface area contributed by atoms with E-state index >= 15 is 0 Å². The van der Waals surface area contributed by atoms with Crippen LogP contribution in [0.25, 0.3) is 0 Å². The van der Waals surface area contributed by atoms with Crippen molar-refractivity contribution < 1.29 is 33.7 Å². The zero-order valence-corrected chi connectivity index (χ0v) is 22.7. The van der Waals surface area contributed by atoms with Crippen LogP contribution in [0.3, 0.4) is 0 Å². The van der Waals surface area contributed by atoms with Crippen LogP contribution < -0.4 is 4.90 Å². The number of benzene rings is 1. The zero-order chi connectivity index (χ0) is 27.2. The average molecular weight is 529 g/mol. The van der Waals surface area contributed by atoms with E-state index < -0.39 is 53.6 Å². The first kappa shape index (κ1) is 26.9. The molecule has 1 aromatic rings. The van der Waals surface area contributed by atoms with E-state index in [1.54, 1.807) is 0 Å². The Morgan fingerprint density at radius 3 is 2.34 bits per heavy atom. The Kier molecular flexibility index (Phi) is 7.44. The van der Waals surface area contributed by atoms with E-state index in [0.29, 0.717) is 19.4 Å². The van der Waals surface area contributed by atoms with Gasteiger partial charge in [-0.3, -0.25) is 19.3 Å². The summed E-state index contributed by atoms with van der Waals surface area (Å²) in [7, 11) is 0. The van der Waals surface area contributed by atoms with Crippen molar-refractivity contribution >= 4 is 23.6 Å². The molecule has 2 aliphatic heterocycles. The molecule has 2 heterocycles. The number of ether oxygens (including phenoxy) is 3. The number of carbonyl (C=O) groups excluding carboxylic acids is 3. The molecule has 9 heteroatoms.